The van der Waals surface area contributed by atoms with Gasteiger partial charge in [0.1, 0.15) is 5.69 Å². The van der Waals surface area contributed by atoms with Gasteiger partial charge in [0.25, 0.3) is 5.91 Å². The zero-order valence-electron chi connectivity index (χ0n) is 11.9. The maximum absolute atomic E-state index is 12.4. The zero-order valence-corrected chi connectivity index (χ0v) is 11.9. The Morgan fingerprint density at radius 1 is 1.37 bits per heavy atom. The van der Waals surface area contributed by atoms with E-state index in [1.165, 1.54) is 0 Å². The monoisotopic (exact) mass is 261 g/mol. The van der Waals surface area contributed by atoms with Crippen molar-refractivity contribution >= 4 is 11.6 Å². The molecule has 1 aromatic rings. The van der Waals surface area contributed by atoms with Crippen molar-refractivity contribution in [3.63, 3.8) is 0 Å². The number of nitrogens with one attached hydrogen (secondary N) is 1. The molecule has 0 aromatic carbocycles. The Morgan fingerprint density at radius 2 is 2.16 bits per heavy atom. The summed E-state index contributed by atoms with van der Waals surface area (Å²) in [5.41, 5.74) is 1.54. The standard InChI is InChI=1S/C15H23N3O/c1-3-9-16-12-5-8-14(17-11-12)15(19)18(10-4-2)13-6-7-13/h5,8,11,13,16H,3-4,6-7,9-10H2,1-2H3. The Balaban J connectivity index is 2.01. The van der Waals surface area contributed by atoms with Crippen molar-refractivity contribution in [2.45, 2.75) is 45.6 Å². The molecular formula is C15H23N3O. The smallest absolute Gasteiger partial charge is 0.272 e. The lowest BCUT2D eigenvalue weighted by Crippen LogP contribution is -2.34. The zero-order chi connectivity index (χ0) is 13.7. The van der Waals surface area contributed by atoms with E-state index in [9.17, 15) is 4.79 Å². The lowest BCUT2D eigenvalue weighted by atomic mass is 10.2. The number of rotatable bonds is 7. The second-order valence-corrected chi connectivity index (χ2v) is 5.09. The van der Waals surface area contributed by atoms with E-state index in [4.69, 9.17) is 0 Å². The molecule has 0 radical (unpaired) electrons. The first-order chi connectivity index (χ1) is 9.26. The minimum absolute atomic E-state index is 0.0754. The van der Waals surface area contributed by atoms with E-state index >= 15 is 0 Å². The van der Waals surface area contributed by atoms with Gasteiger partial charge in [-0.25, -0.2) is 4.98 Å². The number of aromatic nitrogens is 1. The first kappa shape index (κ1) is 13.8. The number of hydrogen-bond donors (Lipinski definition) is 1. The van der Waals surface area contributed by atoms with E-state index in [0.29, 0.717) is 11.7 Å². The van der Waals surface area contributed by atoms with Gasteiger partial charge < -0.3 is 10.2 Å². The Morgan fingerprint density at radius 3 is 2.68 bits per heavy atom. The van der Waals surface area contributed by atoms with Gasteiger partial charge >= 0.3 is 0 Å². The van der Waals surface area contributed by atoms with Crippen LogP contribution in [0, 0.1) is 0 Å². The van der Waals surface area contributed by atoms with Crippen LogP contribution in [0.5, 0.6) is 0 Å². The minimum atomic E-state index is 0.0754. The predicted molar refractivity (Wildman–Crippen MR) is 77.4 cm³/mol. The maximum Gasteiger partial charge on any atom is 0.272 e. The Bertz CT molecular complexity index is 412. The van der Waals surface area contributed by atoms with Gasteiger partial charge in [-0.3, -0.25) is 4.79 Å². The van der Waals surface area contributed by atoms with Crippen molar-refractivity contribution in [1.82, 2.24) is 9.88 Å². The second-order valence-electron chi connectivity index (χ2n) is 5.09. The van der Waals surface area contributed by atoms with E-state index in [1.54, 1.807) is 6.20 Å². The van der Waals surface area contributed by atoms with Crippen molar-refractivity contribution in [3.8, 4) is 0 Å². The van der Waals surface area contributed by atoms with Crippen molar-refractivity contribution < 1.29 is 4.79 Å². The van der Waals surface area contributed by atoms with Gasteiger partial charge in [0.05, 0.1) is 11.9 Å². The van der Waals surface area contributed by atoms with Gasteiger partial charge in [-0.15, -0.1) is 0 Å². The van der Waals surface area contributed by atoms with Gasteiger partial charge in [-0.05, 0) is 37.8 Å². The largest absolute Gasteiger partial charge is 0.384 e. The third kappa shape index (κ3) is 3.69. The van der Waals surface area contributed by atoms with Crippen LogP contribution in [0.1, 0.15) is 50.0 Å². The molecule has 4 heteroatoms. The highest BCUT2D eigenvalue weighted by atomic mass is 16.2. The molecule has 1 aliphatic rings. The molecule has 104 valence electrons. The topological polar surface area (TPSA) is 45.2 Å². The third-order valence-electron chi connectivity index (χ3n) is 3.27. The fourth-order valence-electron chi connectivity index (χ4n) is 2.12. The molecule has 0 atom stereocenters. The summed E-state index contributed by atoms with van der Waals surface area (Å²) in [5.74, 6) is 0.0754. The van der Waals surface area contributed by atoms with Crippen LogP contribution in [0.4, 0.5) is 5.69 Å². The summed E-state index contributed by atoms with van der Waals surface area (Å²) in [6.45, 7) is 5.99. The second kappa shape index (κ2) is 6.55. The first-order valence-electron chi connectivity index (χ1n) is 7.27. The molecule has 1 fully saturated rings. The van der Waals surface area contributed by atoms with Crippen LogP contribution in [0.25, 0.3) is 0 Å². The molecule has 1 amide bonds. The average Bonchev–Trinajstić information content (AvgIpc) is 3.27. The van der Waals surface area contributed by atoms with Crippen LogP contribution in [-0.2, 0) is 0 Å². The number of nitrogens with zero attached hydrogens (tertiary/aromatic N) is 2. The molecule has 1 saturated carbocycles. The summed E-state index contributed by atoms with van der Waals surface area (Å²) in [6.07, 6.45) is 6.11. The van der Waals surface area contributed by atoms with Crippen molar-refractivity contribution in [2.75, 3.05) is 18.4 Å². The van der Waals surface area contributed by atoms with Crippen molar-refractivity contribution in [1.29, 1.82) is 0 Å². The van der Waals surface area contributed by atoms with E-state index in [2.05, 4.69) is 24.1 Å². The normalized spacial score (nSPS) is 14.2. The molecule has 0 unspecified atom stereocenters. The molecule has 0 aliphatic heterocycles. The van der Waals surface area contributed by atoms with Crippen LogP contribution < -0.4 is 5.32 Å². The number of carbonyl (C=O) groups excluding carboxylic acids is 1. The van der Waals surface area contributed by atoms with E-state index in [-0.39, 0.29) is 5.91 Å². The van der Waals surface area contributed by atoms with Gasteiger partial charge in [-0.1, -0.05) is 13.8 Å². The van der Waals surface area contributed by atoms with Crippen molar-refractivity contribution in [3.05, 3.63) is 24.0 Å². The highest BCUT2D eigenvalue weighted by Gasteiger charge is 2.32. The number of anilines is 1. The van der Waals surface area contributed by atoms with Gasteiger partial charge in [0, 0.05) is 19.1 Å². The van der Waals surface area contributed by atoms with Crippen LogP contribution in [-0.4, -0.2) is 34.9 Å². The predicted octanol–water partition coefficient (Wildman–Crippen LogP) is 2.92. The summed E-state index contributed by atoms with van der Waals surface area (Å²) >= 11 is 0. The highest BCUT2D eigenvalue weighted by Crippen LogP contribution is 2.28. The number of pyridine rings is 1. The molecule has 0 spiro atoms. The molecule has 1 N–H and O–H groups in total. The summed E-state index contributed by atoms with van der Waals surface area (Å²) in [5, 5.41) is 3.26. The van der Waals surface area contributed by atoms with Crippen LogP contribution in [0.3, 0.4) is 0 Å². The Hall–Kier alpha value is -1.58. The van der Waals surface area contributed by atoms with Gasteiger partial charge in [-0.2, -0.15) is 0 Å². The van der Waals surface area contributed by atoms with Gasteiger partial charge in [0.15, 0.2) is 0 Å². The number of hydrogen-bond acceptors (Lipinski definition) is 3. The lowest BCUT2D eigenvalue weighted by molar-refractivity contribution is 0.0737. The summed E-state index contributed by atoms with van der Waals surface area (Å²) < 4.78 is 0. The van der Waals surface area contributed by atoms with Crippen LogP contribution in [0.2, 0.25) is 0 Å². The summed E-state index contributed by atoms with van der Waals surface area (Å²) in [7, 11) is 0. The van der Waals surface area contributed by atoms with Crippen LogP contribution >= 0.6 is 0 Å². The first-order valence-corrected chi connectivity index (χ1v) is 7.27. The molecular weight excluding hydrogens is 238 g/mol. The number of amides is 1. The molecule has 4 nitrogen and oxygen atoms in total. The summed E-state index contributed by atoms with van der Waals surface area (Å²) in [6, 6.07) is 4.21. The molecule has 19 heavy (non-hydrogen) atoms. The van der Waals surface area contributed by atoms with Crippen LogP contribution in [0.15, 0.2) is 18.3 Å². The highest BCUT2D eigenvalue weighted by molar-refractivity contribution is 5.92. The van der Waals surface area contributed by atoms with Gasteiger partial charge in [0.2, 0.25) is 0 Å². The molecule has 0 bridgehead atoms. The third-order valence-corrected chi connectivity index (χ3v) is 3.27. The molecule has 1 aliphatic carbocycles. The lowest BCUT2D eigenvalue weighted by Gasteiger charge is -2.21. The minimum Gasteiger partial charge on any atom is -0.384 e. The Kier molecular flexibility index (Phi) is 4.77. The molecule has 0 saturated heterocycles. The maximum atomic E-state index is 12.4. The fraction of sp³-hybridized carbons (Fsp3) is 0.600. The SMILES string of the molecule is CCCNc1ccc(C(=O)N(CCC)C2CC2)nc1. The summed E-state index contributed by atoms with van der Waals surface area (Å²) in [4.78, 5) is 18.6. The quantitative estimate of drug-likeness (QED) is 0.821. The van der Waals surface area contributed by atoms with E-state index in [0.717, 1.165) is 44.5 Å². The average molecular weight is 261 g/mol. The number of carbonyl (C=O) groups is 1. The fourth-order valence-corrected chi connectivity index (χ4v) is 2.12. The van der Waals surface area contributed by atoms with E-state index in [1.807, 2.05) is 17.0 Å². The molecule has 1 heterocycles. The molecule has 1 aromatic heterocycles. The molecule has 2 rings (SSSR count). The van der Waals surface area contributed by atoms with Crippen molar-refractivity contribution in [2.24, 2.45) is 0 Å². The van der Waals surface area contributed by atoms with E-state index < -0.39 is 0 Å². The Labute approximate surface area is 115 Å².